The second-order valence-corrected chi connectivity index (χ2v) is 10.4. The van der Waals surface area contributed by atoms with E-state index in [9.17, 15) is 35.9 Å². The Morgan fingerprint density at radius 1 is 1.02 bits per heavy atom. The van der Waals surface area contributed by atoms with E-state index in [2.05, 4.69) is 17.0 Å². The average molecular weight is 588 g/mol. The zero-order chi connectivity index (χ0) is 30.4. The molecule has 3 atom stereocenters. The van der Waals surface area contributed by atoms with Gasteiger partial charge in [0.25, 0.3) is 0 Å². The van der Waals surface area contributed by atoms with Crippen molar-refractivity contribution in [3.8, 4) is 0 Å². The molecule has 0 bridgehead atoms. The Labute approximate surface area is 235 Å². The number of nitrogens with zero attached hydrogens (tertiary/aromatic N) is 2. The van der Waals surface area contributed by atoms with Crippen LogP contribution in [0.1, 0.15) is 67.0 Å². The molecule has 0 unspecified atom stereocenters. The Bertz CT molecular complexity index is 1140. The first-order valence-electron chi connectivity index (χ1n) is 13.4. The number of carbonyl (C=O) groups excluding carboxylic acids is 2. The van der Waals surface area contributed by atoms with Crippen molar-refractivity contribution < 1.29 is 40.7 Å². The van der Waals surface area contributed by atoms with Crippen LogP contribution in [0.3, 0.4) is 0 Å². The molecular weight excluding hydrogens is 552 g/mol. The number of piperidine rings is 1. The fourth-order valence-electron chi connectivity index (χ4n) is 5.26. The minimum Gasteiger partial charge on any atom is -0.377 e. The molecule has 2 aliphatic heterocycles. The molecule has 2 amide bonds. The van der Waals surface area contributed by atoms with Gasteiger partial charge in [-0.1, -0.05) is 30.3 Å². The van der Waals surface area contributed by atoms with Crippen molar-refractivity contribution in [1.29, 1.82) is 0 Å². The van der Waals surface area contributed by atoms with Crippen LogP contribution in [-0.4, -0.2) is 54.9 Å². The smallest absolute Gasteiger partial charge is 0.377 e. The lowest BCUT2D eigenvalue weighted by molar-refractivity contribution is -0.143. The van der Waals surface area contributed by atoms with E-state index in [-0.39, 0.29) is 36.0 Å². The Morgan fingerprint density at radius 3 is 2.12 bits per heavy atom. The third kappa shape index (κ3) is 9.19. The standard InChI is InChI=1S/C18H25N3O2.C11H10F6O/c19-17(22)13-21-12-14(11-20-10-4-7-18(20)23)8-9-16(21)15-5-2-1-3-6-15;1-6(18-2)7-3-8(10(12,13)14)5-9(4-7)11(15,16)17/h1-3,5-6,14,16H,4,7-13H2,(H2,19,22);3-6H,1-2H3/t14-,16+;6-/m11/s1. The Hall–Kier alpha value is -3.12. The maximum atomic E-state index is 12.5. The van der Waals surface area contributed by atoms with Crippen LogP contribution >= 0.6 is 0 Å². The summed E-state index contributed by atoms with van der Waals surface area (Å²) in [5, 5.41) is 0. The highest BCUT2D eigenvalue weighted by molar-refractivity contribution is 5.78. The number of alkyl halides is 6. The van der Waals surface area contributed by atoms with Crippen molar-refractivity contribution in [3.05, 3.63) is 70.8 Å². The van der Waals surface area contributed by atoms with Gasteiger partial charge in [0.1, 0.15) is 0 Å². The fourth-order valence-corrected chi connectivity index (χ4v) is 5.26. The molecule has 2 fully saturated rings. The van der Waals surface area contributed by atoms with Gasteiger partial charge in [0.2, 0.25) is 11.8 Å². The van der Waals surface area contributed by atoms with Gasteiger partial charge in [-0.05, 0) is 61.4 Å². The van der Waals surface area contributed by atoms with Crippen LogP contribution in [0.4, 0.5) is 26.3 Å². The first kappa shape index (κ1) is 32.4. The maximum absolute atomic E-state index is 12.5. The minimum absolute atomic E-state index is 0.0892. The van der Waals surface area contributed by atoms with E-state index in [0.29, 0.717) is 24.5 Å². The lowest BCUT2D eigenvalue weighted by Crippen LogP contribution is -2.46. The van der Waals surface area contributed by atoms with Gasteiger partial charge in [-0.3, -0.25) is 14.5 Å². The number of benzene rings is 2. The summed E-state index contributed by atoms with van der Waals surface area (Å²) in [5.74, 6) is 0.414. The SMILES string of the molecule is CO[C@H](C)c1cc(C(F)(F)F)cc(C(F)(F)F)c1.NC(=O)CN1C[C@@H](CN2CCCC2=O)CC[C@H]1c1ccccc1. The zero-order valence-electron chi connectivity index (χ0n) is 23.0. The van der Waals surface area contributed by atoms with E-state index in [0.717, 1.165) is 38.9 Å². The number of amides is 2. The molecule has 2 aliphatic rings. The van der Waals surface area contributed by atoms with Gasteiger partial charge in [0, 0.05) is 39.2 Å². The van der Waals surface area contributed by atoms with Crippen molar-refractivity contribution >= 4 is 11.8 Å². The maximum Gasteiger partial charge on any atom is 0.416 e. The molecular formula is C29H35F6N3O3. The third-order valence-corrected chi connectivity index (χ3v) is 7.41. The van der Waals surface area contributed by atoms with Crippen LogP contribution in [-0.2, 0) is 26.7 Å². The van der Waals surface area contributed by atoms with Crippen LogP contribution < -0.4 is 5.73 Å². The molecule has 6 nitrogen and oxygen atoms in total. The van der Waals surface area contributed by atoms with Crippen molar-refractivity contribution in [1.82, 2.24) is 9.80 Å². The summed E-state index contributed by atoms with van der Waals surface area (Å²) in [6.45, 7) is 4.18. The molecule has 2 heterocycles. The van der Waals surface area contributed by atoms with Gasteiger partial charge in [-0.15, -0.1) is 0 Å². The summed E-state index contributed by atoms with van der Waals surface area (Å²) in [5.41, 5.74) is 3.85. The average Bonchev–Trinajstić information content (AvgIpc) is 3.31. The third-order valence-electron chi connectivity index (χ3n) is 7.41. The second kappa shape index (κ2) is 13.7. The highest BCUT2D eigenvalue weighted by Gasteiger charge is 2.37. The summed E-state index contributed by atoms with van der Waals surface area (Å²) >= 11 is 0. The predicted molar refractivity (Wildman–Crippen MR) is 140 cm³/mol. The number of rotatable bonds is 7. The van der Waals surface area contributed by atoms with Crippen molar-refractivity contribution in [2.75, 3.05) is 33.3 Å². The number of likely N-dealkylation sites (tertiary alicyclic amines) is 2. The van der Waals surface area contributed by atoms with E-state index in [1.165, 1.54) is 19.6 Å². The van der Waals surface area contributed by atoms with Gasteiger partial charge in [0.05, 0.1) is 23.8 Å². The number of carbonyl (C=O) groups is 2. The highest BCUT2D eigenvalue weighted by atomic mass is 19.4. The van der Waals surface area contributed by atoms with Gasteiger partial charge in [0.15, 0.2) is 0 Å². The van der Waals surface area contributed by atoms with Gasteiger partial charge >= 0.3 is 12.4 Å². The van der Waals surface area contributed by atoms with Crippen molar-refractivity contribution in [3.63, 3.8) is 0 Å². The molecule has 0 aromatic heterocycles. The largest absolute Gasteiger partial charge is 0.416 e. The molecule has 226 valence electrons. The number of nitrogens with two attached hydrogens (primary N) is 1. The number of primary amides is 1. The molecule has 12 heteroatoms. The second-order valence-electron chi connectivity index (χ2n) is 10.4. The van der Waals surface area contributed by atoms with Crippen LogP contribution in [0, 0.1) is 5.92 Å². The monoisotopic (exact) mass is 587 g/mol. The minimum atomic E-state index is -4.83. The summed E-state index contributed by atoms with van der Waals surface area (Å²) in [7, 11) is 1.21. The summed E-state index contributed by atoms with van der Waals surface area (Å²) in [6, 6.07) is 11.9. The van der Waals surface area contributed by atoms with Crippen molar-refractivity contribution in [2.45, 2.75) is 57.1 Å². The summed E-state index contributed by atoms with van der Waals surface area (Å²) in [6.07, 6.45) is -6.77. The lowest BCUT2D eigenvalue weighted by atomic mass is 9.88. The topological polar surface area (TPSA) is 75.9 Å². The molecule has 0 saturated carbocycles. The number of ether oxygens (including phenoxy) is 1. The first-order chi connectivity index (χ1) is 19.2. The quantitative estimate of drug-likeness (QED) is 0.405. The fraction of sp³-hybridized carbons (Fsp3) is 0.517. The molecule has 2 aromatic carbocycles. The molecule has 4 rings (SSSR count). The van der Waals surface area contributed by atoms with Crippen molar-refractivity contribution in [2.24, 2.45) is 11.7 Å². The number of hydrogen-bond donors (Lipinski definition) is 1. The number of methoxy groups -OCH3 is 1. The molecule has 2 saturated heterocycles. The van der Waals surface area contributed by atoms with Crippen LogP contribution in [0.2, 0.25) is 0 Å². The van der Waals surface area contributed by atoms with Gasteiger partial charge in [-0.25, -0.2) is 0 Å². The van der Waals surface area contributed by atoms with Crippen LogP contribution in [0.25, 0.3) is 0 Å². The first-order valence-corrected chi connectivity index (χ1v) is 13.4. The van der Waals surface area contributed by atoms with E-state index < -0.39 is 29.6 Å². The molecule has 0 aliphatic carbocycles. The van der Waals surface area contributed by atoms with E-state index in [4.69, 9.17) is 10.5 Å². The van der Waals surface area contributed by atoms with E-state index in [1.807, 2.05) is 23.1 Å². The van der Waals surface area contributed by atoms with Gasteiger partial charge < -0.3 is 15.4 Å². The Balaban J connectivity index is 0.000000233. The molecule has 2 aromatic rings. The van der Waals surface area contributed by atoms with Crippen LogP contribution in [0.15, 0.2) is 48.5 Å². The molecule has 0 radical (unpaired) electrons. The van der Waals surface area contributed by atoms with Gasteiger partial charge in [-0.2, -0.15) is 26.3 Å². The van der Waals surface area contributed by atoms with E-state index >= 15 is 0 Å². The Morgan fingerprint density at radius 2 is 1.63 bits per heavy atom. The highest BCUT2D eigenvalue weighted by Crippen LogP contribution is 2.38. The molecule has 2 N–H and O–H groups in total. The normalized spacial score (nSPS) is 20.9. The zero-order valence-corrected chi connectivity index (χ0v) is 23.0. The van der Waals surface area contributed by atoms with E-state index in [1.54, 1.807) is 0 Å². The molecule has 0 spiro atoms. The van der Waals surface area contributed by atoms with Crippen LogP contribution in [0.5, 0.6) is 0 Å². The molecule has 41 heavy (non-hydrogen) atoms. The Kier molecular flexibility index (Phi) is 10.8. The predicted octanol–water partition coefficient (Wildman–Crippen LogP) is 5.98. The number of halogens is 6. The summed E-state index contributed by atoms with van der Waals surface area (Å²) in [4.78, 5) is 27.5. The summed E-state index contributed by atoms with van der Waals surface area (Å²) < 4.78 is 79.7. The lowest BCUT2D eigenvalue weighted by Gasteiger charge is -2.40. The number of hydrogen-bond acceptors (Lipinski definition) is 4.